The summed E-state index contributed by atoms with van der Waals surface area (Å²) in [6, 6.07) is 2.94. The van der Waals surface area contributed by atoms with E-state index in [0.717, 1.165) is 0 Å². The van der Waals surface area contributed by atoms with Gasteiger partial charge in [-0.25, -0.2) is 0 Å². The average molecular weight is 259 g/mol. The summed E-state index contributed by atoms with van der Waals surface area (Å²) < 4.78 is 43.9. The molecule has 2 rings (SSSR count). The Labute approximate surface area is 101 Å². The lowest BCUT2D eigenvalue weighted by molar-refractivity contribution is -0.127. The van der Waals surface area contributed by atoms with Crippen molar-refractivity contribution in [2.75, 3.05) is 12.8 Å². The number of aromatic nitrogens is 2. The van der Waals surface area contributed by atoms with E-state index in [1.807, 2.05) is 0 Å². The first-order valence-electron chi connectivity index (χ1n) is 5.18. The molecule has 0 aliphatic heterocycles. The average Bonchev–Trinajstić information content (AvgIpc) is 2.52. The lowest BCUT2D eigenvalue weighted by Crippen LogP contribution is -2.12. The molecule has 0 radical (unpaired) electrons. The molecule has 0 unspecified atom stereocenters. The van der Waals surface area contributed by atoms with E-state index < -0.39 is 12.6 Å². The molecule has 98 valence electrons. The third-order valence-electron chi connectivity index (χ3n) is 2.67. The molecule has 1 heterocycles. The molecule has 0 saturated carbocycles. The zero-order valence-corrected chi connectivity index (χ0v) is 9.88. The minimum Gasteiger partial charge on any atom is -0.496 e. The Morgan fingerprint density at radius 1 is 1.39 bits per heavy atom. The predicted molar refractivity (Wildman–Crippen MR) is 61.4 cm³/mol. The molecule has 0 fully saturated rings. The van der Waals surface area contributed by atoms with Crippen molar-refractivity contribution < 1.29 is 17.9 Å². The quantitative estimate of drug-likeness (QED) is 0.900. The number of nitrogens with zero attached hydrogens (tertiary/aromatic N) is 2. The van der Waals surface area contributed by atoms with Crippen molar-refractivity contribution in [3.8, 4) is 5.75 Å². The molecule has 1 aromatic heterocycles. The predicted octanol–water partition coefficient (Wildman–Crippen LogP) is 2.27. The SMILES string of the molecule is COc1c(CC(F)(F)F)ccc2c1c(N)nn2C. The van der Waals surface area contributed by atoms with Crippen LogP contribution in [0.5, 0.6) is 5.75 Å². The Kier molecular flexibility index (Phi) is 2.84. The molecule has 0 amide bonds. The number of nitrogen functional groups attached to an aromatic ring is 1. The molecule has 2 N–H and O–H groups in total. The summed E-state index contributed by atoms with van der Waals surface area (Å²) in [4.78, 5) is 0. The van der Waals surface area contributed by atoms with Crippen LogP contribution in [0.1, 0.15) is 5.56 Å². The minimum absolute atomic E-state index is 0.0530. The summed E-state index contributed by atoms with van der Waals surface area (Å²) in [7, 11) is 2.99. The topological polar surface area (TPSA) is 53.1 Å². The summed E-state index contributed by atoms with van der Waals surface area (Å²) in [6.45, 7) is 0. The van der Waals surface area contributed by atoms with Crippen molar-refractivity contribution in [2.24, 2.45) is 7.05 Å². The van der Waals surface area contributed by atoms with Crippen LogP contribution in [0.2, 0.25) is 0 Å². The molecule has 7 heteroatoms. The first-order chi connectivity index (χ1) is 8.33. The van der Waals surface area contributed by atoms with Crippen molar-refractivity contribution in [1.82, 2.24) is 9.78 Å². The Morgan fingerprint density at radius 3 is 2.61 bits per heavy atom. The summed E-state index contributed by atoms with van der Waals surface area (Å²) in [5.74, 6) is 0.295. The Morgan fingerprint density at radius 2 is 2.06 bits per heavy atom. The Hall–Kier alpha value is -1.92. The van der Waals surface area contributed by atoms with Gasteiger partial charge in [-0.2, -0.15) is 18.3 Å². The molecule has 0 atom stereocenters. The fraction of sp³-hybridized carbons (Fsp3) is 0.364. The molecule has 0 spiro atoms. The van der Waals surface area contributed by atoms with Crippen LogP contribution in [0.3, 0.4) is 0 Å². The van der Waals surface area contributed by atoms with Crippen LogP contribution in [-0.2, 0) is 13.5 Å². The molecule has 18 heavy (non-hydrogen) atoms. The maximum absolute atomic E-state index is 12.5. The van der Waals surface area contributed by atoms with E-state index in [0.29, 0.717) is 10.9 Å². The van der Waals surface area contributed by atoms with Crippen LogP contribution in [0.15, 0.2) is 12.1 Å². The highest BCUT2D eigenvalue weighted by Gasteiger charge is 2.30. The van der Waals surface area contributed by atoms with Crippen LogP contribution in [-0.4, -0.2) is 23.1 Å². The third-order valence-corrected chi connectivity index (χ3v) is 2.67. The van der Waals surface area contributed by atoms with E-state index in [9.17, 15) is 13.2 Å². The highest BCUT2D eigenvalue weighted by atomic mass is 19.4. The molecule has 1 aromatic carbocycles. The number of methoxy groups -OCH3 is 1. The number of alkyl halides is 3. The lowest BCUT2D eigenvalue weighted by atomic mass is 10.1. The molecule has 0 aliphatic carbocycles. The second kappa shape index (κ2) is 4.08. The van der Waals surface area contributed by atoms with Gasteiger partial charge in [0, 0.05) is 12.6 Å². The number of anilines is 1. The number of ether oxygens (including phenoxy) is 1. The molecule has 2 aromatic rings. The maximum atomic E-state index is 12.5. The van der Waals surface area contributed by atoms with Gasteiger partial charge in [0.2, 0.25) is 0 Å². The highest BCUT2D eigenvalue weighted by molar-refractivity contribution is 5.95. The second-order valence-corrected chi connectivity index (χ2v) is 3.95. The highest BCUT2D eigenvalue weighted by Crippen LogP contribution is 2.36. The molecule has 0 bridgehead atoms. The van der Waals surface area contributed by atoms with Gasteiger partial charge < -0.3 is 10.5 Å². The molecule has 0 aliphatic rings. The van der Waals surface area contributed by atoms with Crippen LogP contribution in [0, 0.1) is 0 Å². The maximum Gasteiger partial charge on any atom is 0.393 e. The van der Waals surface area contributed by atoms with Crippen molar-refractivity contribution in [2.45, 2.75) is 12.6 Å². The zero-order chi connectivity index (χ0) is 13.5. The minimum atomic E-state index is -4.29. The first kappa shape index (κ1) is 12.5. The van der Waals surface area contributed by atoms with Crippen molar-refractivity contribution in [3.05, 3.63) is 17.7 Å². The summed E-state index contributed by atoms with van der Waals surface area (Å²) in [5.41, 5.74) is 6.38. The van der Waals surface area contributed by atoms with E-state index in [2.05, 4.69) is 5.10 Å². The molecule has 4 nitrogen and oxygen atoms in total. The normalized spacial score (nSPS) is 12.1. The standard InChI is InChI=1S/C11H12F3N3O/c1-17-7-4-3-6(5-11(12,13)14)9(18-2)8(7)10(15)16-17/h3-4H,5H2,1-2H3,(H2,15,16). The monoisotopic (exact) mass is 259 g/mol. The van der Waals surface area contributed by atoms with Crippen LogP contribution >= 0.6 is 0 Å². The number of nitrogens with two attached hydrogens (primary N) is 1. The van der Waals surface area contributed by atoms with Gasteiger partial charge >= 0.3 is 6.18 Å². The van der Waals surface area contributed by atoms with Gasteiger partial charge in [-0.1, -0.05) is 6.07 Å². The summed E-state index contributed by atoms with van der Waals surface area (Å²) in [6.07, 6.45) is -5.35. The van der Waals surface area contributed by atoms with Crippen LogP contribution < -0.4 is 10.5 Å². The zero-order valence-electron chi connectivity index (χ0n) is 9.88. The third kappa shape index (κ3) is 2.07. The summed E-state index contributed by atoms with van der Waals surface area (Å²) in [5, 5.41) is 4.39. The fourth-order valence-corrected chi connectivity index (χ4v) is 1.99. The second-order valence-electron chi connectivity index (χ2n) is 3.95. The number of benzene rings is 1. The first-order valence-corrected chi connectivity index (χ1v) is 5.18. The Balaban J connectivity index is 2.66. The van der Waals surface area contributed by atoms with Gasteiger partial charge in [-0.05, 0) is 6.07 Å². The molecular formula is C11H12F3N3O. The number of aryl methyl sites for hydroxylation is 1. The number of fused-ring (bicyclic) bond motifs is 1. The van der Waals surface area contributed by atoms with Gasteiger partial charge in [0.25, 0.3) is 0 Å². The van der Waals surface area contributed by atoms with Gasteiger partial charge in [0.1, 0.15) is 5.75 Å². The number of rotatable bonds is 2. The Bertz CT molecular complexity index is 589. The smallest absolute Gasteiger partial charge is 0.393 e. The molecule has 0 saturated heterocycles. The number of hydrogen-bond acceptors (Lipinski definition) is 3. The van der Waals surface area contributed by atoms with E-state index in [-0.39, 0.29) is 17.1 Å². The number of halogens is 3. The van der Waals surface area contributed by atoms with Crippen molar-refractivity contribution >= 4 is 16.7 Å². The van der Waals surface area contributed by atoms with Crippen LogP contribution in [0.25, 0.3) is 10.9 Å². The van der Waals surface area contributed by atoms with Gasteiger partial charge in [-0.15, -0.1) is 0 Å². The fourth-order valence-electron chi connectivity index (χ4n) is 1.99. The van der Waals surface area contributed by atoms with Gasteiger partial charge in [0.15, 0.2) is 5.82 Å². The van der Waals surface area contributed by atoms with E-state index >= 15 is 0 Å². The lowest BCUT2D eigenvalue weighted by Gasteiger charge is -2.12. The van der Waals surface area contributed by atoms with E-state index in [1.54, 1.807) is 13.1 Å². The van der Waals surface area contributed by atoms with Gasteiger partial charge in [0.05, 0.1) is 24.4 Å². The van der Waals surface area contributed by atoms with Crippen molar-refractivity contribution in [1.29, 1.82) is 0 Å². The summed E-state index contributed by atoms with van der Waals surface area (Å²) >= 11 is 0. The van der Waals surface area contributed by atoms with Crippen molar-refractivity contribution in [3.63, 3.8) is 0 Å². The largest absolute Gasteiger partial charge is 0.496 e. The van der Waals surface area contributed by atoms with E-state index in [4.69, 9.17) is 10.5 Å². The molecular weight excluding hydrogens is 247 g/mol. The van der Waals surface area contributed by atoms with E-state index in [1.165, 1.54) is 17.9 Å². The number of hydrogen-bond donors (Lipinski definition) is 1. The van der Waals surface area contributed by atoms with Crippen LogP contribution in [0.4, 0.5) is 19.0 Å². The van der Waals surface area contributed by atoms with Gasteiger partial charge in [-0.3, -0.25) is 4.68 Å².